The number of carbonyl (C=O) groups excluding carboxylic acids is 2. The van der Waals surface area contributed by atoms with E-state index in [2.05, 4.69) is 10.5 Å². The summed E-state index contributed by atoms with van der Waals surface area (Å²) in [7, 11) is 1.28. The maximum Gasteiger partial charge on any atom is 0.341 e. The van der Waals surface area contributed by atoms with Gasteiger partial charge in [0, 0.05) is 23.8 Å². The third kappa shape index (κ3) is 13.2. The number of aliphatic carboxylic acids is 1. The SMILES string of the molecule is CC(=O)[C@H](O)[C@@H](CC1CCC1)[N+](=O)[O-].COC(=O)[C@H](O)[C@H]([NH3+])CC1CCC1.N[C@H](CC1CCC1)[C@@H](O)C(=O)O.[Cl-]. The van der Waals surface area contributed by atoms with Crippen LogP contribution in [0, 0.1) is 27.9 Å². The van der Waals surface area contributed by atoms with Crippen LogP contribution < -0.4 is 23.9 Å². The average molecular weight is 598 g/mol. The molecular formula is C26H48ClN3O10. The van der Waals surface area contributed by atoms with Crippen molar-refractivity contribution in [3.05, 3.63) is 10.1 Å². The number of Topliss-reactive ketones (excluding diaryl/α,β-unsaturated/α-hetero) is 1. The number of methoxy groups -OCH3 is 1. The van der Waals surface area contributed by atoms with Crippen molar-refractivity contribution < 1.29 is 62.6 Å². The summed E-state index contributed by atoms with van der Waals surface area (Å²) in [6.07, 6.45) is 8.11. The predicted octanol–water partition coefficient (Wildman–Crippen LogP) is -2.95. The van der Waals surface area contributed by atoms with Crippen LogP contribution in [-0.2, 0) is 19.1 Å². The van der Waals surface area contributed by atoms with Gasteiger partial charge in [0.05, 0.1) is 7.11 Å². The number of quaternary nitrogens is 1. The molecule has 6 atom stereocenters. The molecule has 13 nitrogen and oxygen atoms in total. The Morgan fingerprint density at radius 2 is 1.32 bits per heavy atom. The molecule has 3 fully saturated rings. The van der Waals surface area contributed by atoms with Gasteiger partial charge in [-0.05, 0) is 31.1 Å². The van der Waals surface area contributed by atoms with Crippen molar-refractivity contribution in [2.24, 2.45) is 23.5 Å². The van der Waals surface area contributed by atoms with Crippen molar-refractivity contribution in [2.45, 2.75) is 120 Å². The van der Waals surface area contributed by atoms with Crippen LogP contribution in [0.25, 0.3) is 0 Å². The largest absolute Gasteiger partial charge is 1.00 e. The van der Waals surface area contributed by atoms with E-state index in [4.69, 9.17) is 15.9 Å². The zero-order chi connectivity index (χ0) is 29.7. The zero-order valence-electron chi connectivity index (χ0n) is 23.5. The molecule has 0 heterocycles. The van der Waals surface area contributed by atoms with Gasteiger partial charge in [-0.3, -0.25) is 14.9 Å². The van der Waals surface area contributed by atoms with Gasteiger partial charge in [0.15, 0.2) is 18.0 Å². The molecule has 14 heteroatoms. The highest BCUT2D eigenvalue weighted by molar-refractivity contribution is 5.80. The highest BCUT2D eigenvalue weighted by Gasteiger charge is 2.37. The first-order valence-corrected chi connectivity index (χ1v) is 13.9. The molecule has 0 saturated heterocycles. The highest BCUT2D eigenvalue weighted by atomic mass is 35.5. The number of hydrogen-bond donors (Lipinski definition) is 6. The molecule has 9 N–H and O–H groups in total. The Bertz CT molecular complexity index is 793. The van der Waals surface area contributed by atoms with Gasteiger partial charge < -0.3 is 49.0 Å². The van der Waals surface area contributed by atoms with Crippen LogP contribution in [0.2, 0.25) is 0 Å². The van der Waals surface area contributed by atoms with E-state index in [1.807, 2.05) is 0 Å². The second-order valence-corrected chi connectivity index (χ2v) is 11.2. The number of aliphatic hydroxyl groups is 3. The Morgan fingerprint density at radius 3 is 1.65 bits per heavy atom. The number of carbonyl (C=O) groups is 3. The first-order chi connectivity index (χ1) is 18.3. The van der Waals surface area contributed by atoms with Gasteiger partial charge in [0.1, 0.15) is 6.04 Å². The molecule has 0 radical (unpaired) electrons. The Morgan fingerprint density at radius 1 is 0.900 bits per heavy atom. The maximum atomic E-state index is 10.9. The van der Waals surface area contributed by atoms with Crippen molar-refractivity contribution in [1.82, 2.24) is 0 Å². The topological polar surface area (TPSA) is 238 Å². The van der Waals surface area contributed by atoms with Gasteiger partial charge in [-0.2, -0.15) is 0 Å². The van der Waals surface area contributed by atoms with Crippen LogP contribution in [0.5, 0.6) is 0 Å². The second kappa shape index (κ2) is 19.3. The first kappa shape index (κ1) is 38.1. The lowest BCUT2D eigenvalue weighted by Gasteiger charge is -2.28. The molecule has 0 aliphatic heterocycles. The zero-order valence-corrected chi connectivity index (χ0v) is 24.3. The molecular weight excluding hydrogens is 550 g/mol. The number of carboxylic acid groups (broad SMARTS) is 1. The minimum Gasteiger partial charge on any atom is -1.00 e. The predicted molar refractivity (Wildman–Crippen MR) is 140 cm³/mol. The molecule has 234 valence electrons. The lowest BCUT2D eigenvalue weighted by Crippen LogP contribution is -3.00. The highest BCUT2D eigenvalue weighted by Crippen LogP contribution is 2.32. The molecule has 3 aliphatic rings. The van der Waals surface area contributed by atoms with Crippen molar-refractivity contribution in [2.75, 3.05) is 7.11 Å². The van der Waals surface area contributed by atoms with E-state index in [0.717, 1.165) is 38.5 Å². The van der Waals surface area contributed by atoms with Crippen LogP contribution in [0.1, 0.15) is 84.0 Å². The number of esters is 1. The number of rotatable bonds is 13. The molecule has 0 spiro atoms. The van der Waals surface area contributed by atoms with E-state index in [1.165, 1.54) is 39.7 Å². The molecule has 0 aromatic rings. The summed E-state index contributed by atoms with van der Waals surface area (Å²) >= 11 is 0. The molecule has 3 aliphatic carbocycles. The summed E-state index contributed by atoms with van der Waals surface area (Å²) in [6, 6.07) is -1.94. The van der Waals surface area contributed by atoms with Gasteiger partial charge in [-0.15, -0.1) is 0 Å². The summed E-state index contributed by atoms with van der Waals surface area (Å²) in [6.45, 7) is 1.18. The minimum atomic E-state index is -1.44. The van der Waals surface area contributed by atoms with E-state index in [-0.39, 0.29) is 18.4 Å². The van der Waals surface area contributed by atoms with Crippen molar-refractivity contribution in [3.63, 3.8) is 0 Å². The molecule has 0 aromatic carbocycles. The standard InChI is InChI=1S/C9H15NO4.C9H17NO3.C8H15NO3.ClH/c1-6(11)9(12)8(10(13)14)5-7-3-2-4-7;1-13-9(12)8(11)7(10)5-6-3-2-4-6;9-6(7(10)8(11)12)4-5-2-1-3-5;/h7-9,12H,2-5H2,1H3;6-8,11H,2-5,10H2,1H3;5-7,10H,1-4,9H2,(H,11,12);1H/t8-,9+;7-,8-;6-,7-;/m111./s1. The quantitative estimate of drug-likeness (QED) is 0.0712. The monoisotopic (exact) mass is 597 g/mol. The van der Waals surface area contributed by atoms with Crippen LogP contribution in [0.4, 0.5) is 0 Å². The fraction of sp³-hybridized carbons (Fsp3) is 0.885. The van der Waals surface area contributed by atoms with E-state index in [9.17, 15) is 34.7 Å². The van der Waals surface area contributed by atoms with E-state index in [1.54, 1.807) is 0 Å². The number of hydrogen-bond acceptors (Lipinski definition) is 10. The smallest absolute Gasteiger partial charge is 0.341 e. The molecule has 3 saturated carbocycles. The van der Waals surface area contributed by atoms with E-state index in [0.29, 0.717) is 30.6 Å². The number of halogens is 1. The van der Waals surface area contributed by atoms with Crippen molar-refractivity contribution >= 4 is 17.7 Å². The third-order valence-electron chi connectivity index (χ3n) is 8.09. The molecule has 0 aromatic heterocycles. The number of ether oxygens (including phenoxy) is 1. The van der Waals surface area contributed by atoms with Gasteiger partial charge >= 0.3 is 11.9 Å². The number of nitro groups is 1. The van der Waals surface area contributed by atoms with Crippen LogP contribution in [-0.4, -0.2) is 86.6 Å². The molecule has 40 heavy (non-hydrogen) atoms. The fourth-order valence-corrected chi connectivity index (χ4v) is 4.70. The third-order valence-corrected chi connectivity index (χ3v) is 8.09. The number of ketones is 1. The second-order valence-electron chi connectivity index (χ2n) is 11.2. The summed E-state index contributed by atoms with van der Waals surface area (Å²) in [5.41, 5.74) is 9.28. The maximum absolute atomic E-state index is 10.9. The van der Waals surface area contributed by atoms with Crippen molar-refractivity contribution in [3.8, 4) is 0 Å². The molecule has 0 unspecified atom stereocenters. The van der Waals surface area contributed by atoms with Gasteiger partial charge in [0.2, 0.25) is 12.1 Å². The summed E-state index contributed by atoms with van der Waals surface area (Å²) < 4.78 is 4.44. The van der Waals surface area contributed by atoms with Gasteiger partial charge in [-0.25, -0.2) is 9.59 Å². The van der Waals surface area contributed by atoms with Gasteiger partial charge in [-0.1, -0.05) is 57.8 Å². The Hall–Kier alpha value is -1.90. The summed E-state index contributed by atoms with van der Waals surface area (Å²) in [4.78, 5) is 42.1. The molecule has 0 bridgehead atoms. The van der Waals surface area contributed by atoms with Crippen molar-refractivity contribution in [1.29, 1.82) is 0 Å². The average Bonchev–Trinajstić information content (AvgIpc) is 2.81. The number of carboxylic acids is 1. The van der Waals surface area contributed by atoms with Gasteiger partial charge in [0.25, 0.3) is 0 Å². The minimum absolute atomic E-state index is 0. The number of nitrogens with zero attached hydrogens (tertiary/aromatic N) is 1. The lowest BCUT2D eigenvalue weighted by atomic mass is 9.80. The summed E-state index contributed by atoms with van der Waals surface area (Å²) in [5.74, 6) is -0.803. The Labute approximate surface area is 241 Å². The van der Waals surface area contributed by atoms with E-state index < -0.39 is 53.0 Å². The Kier molecular flexibility index (Phi) is 18.3. The normalized spacial score (nSPS) is 21.3. The lowest BCUT2D eigenvalue weighted by molar-refractivity contribution is -0.533. The van der Waals surface area contributed by atoms with E-state index >= 15 is 0 Å². The number of aliphatic hydroxyl groups excluding tert-OH is 3. The Balaban J connectivity index is 0.000000565. The van der Waals surface area contributed by atoms with Crippen LogP contribution >= 0.6 is 0 Å². The first-order valence-electron chi connectivity index (χ1n) is 13.9. The van der Waals surface area contributed by atoms with Crippen LogP contribution in [0.3, 0.4) is 0 Å². The molecule has 3 rings (SSSR count). The molecule has 0 amide bonds. The number of nitrogens with two attached hydrogens (primary N) is 1. The van der Waals surface area contributed by atoms with Crippen LogP contribution in [0.15, 0.2) is 0 Å². The summed E-state index contributed by atoms with van der Waals surface area (Å²) in [5, 5.41) is 46.8. The fourth-order valence-electron chi connectivity index (χ4n) is 4.70.